The lowest BCUT2D eigenvalue weighted by atomic mass is 10.1. The molecule has 0 saturated heterocycles. The number of hydrogen-bond acceptors (Lipinski definition) is 5. The Hall–Kier alpha value is -3.96. The van der Waals surface area contributed by atoms with Crippen LogP contribution in [0.15, 0.2) is 134 Å². The largest absolute Gasteiger partial charge is 0.462 e. The average molecular weight is 940 g/mol. The molecule has 0 aliphatic heterocycles. The molecule has 0 N–H and O–H groups in total. The SMILES string of the molecule is CC/C=C\C/C=C\C/C=C\C/C=C\C/C=C\C/C=C\CCC(=O)OCC(COCCCCCCCC/C=C\CCCCCCCC)OC(=O)CCCCCC/C=C\C/C=C\C/C=C\C/C=C\CC. The van der Waals surface area contributed by atoms with Crippen LogP contribution in [0.2, 0.25) is 0 Å². The molecule has 0 spiro atoms. The van der Waals surface area contributed by atoms with E-state index < -0.39 is 6.10 Å². The van der Waals surface area contributed by atoms with Crippen molar-refractivity contribution in [2.45, 2.75) is 232 Å². The topological polar surface area (TPSA) is 61.8 Å². The highest BCUT2D eigenvalue weighted by Gasteiger charge is 2.17. The summed E-state index contributed by atoms with van der Waals surface area (Å²) in [6.07, 6.45) is 81.9. The van der Waals surface area contributed by atoms with Gasteiger partial charge in [-0.2, -0.15) is 0 Å². The van der Waals surface area contributed by atoms with Crippen molar-refractivity contribution >= 4 is 11.9 Å². The number of carbonyl (C=O) groups excluding carboxylic acids is 2. The van der Waals surface area contributed by atoms with Gasteiger partial charge in [-0.25, -0.2) is 0 Å². The highest BCUT2D eigenvalue weighted by atomic mass is 16.6. The molecule has 0 fully saturated rings. The van der Waals surface area contributed by atoms with Crippen LogP contribution in [0.25, 0.3) is 0 Å². The van der Waals surface area contributed by atoms with Crippen molar-refractivity contribution in [1.29, 1.82) is 0 Å². The van der Waals surface area contributed by atoms with Gasteiger partial charge < -0.3 is 14.2 Å². The molecule has 5 nitrogen and oxygen atoms in total. The van der Waals surface area contributed by atoms with E-state index in [2.05, 4.69) is 148 Å². The van der Waals surface area contributed by atoms with Crippen molar-refractivity contribution in [3.8, 4) is 0 Å². The summed E-state index contributed by atoms with van der Waals surface area (Å²) in [5, 5.41) is 0. The second kappa shape index (κ2) is 57.4. The molecular formula is C63H102O5. The molecule has 0 amide bonds. The van der Waals surface area contributed by atoms with Crippen molar-refractivity contribution in [3.05, 3.63) is 134 Å². The highest BCUT2D eigenvalue weighted by molar-refractivity contribution is 5.70. The second-order valence-electron chi connectivity index (χ2n) is 17.7. The summed E-state index contributed by atoms with van der Waals surface area (Å²) in [7, 11) is 0. The molecule has 0 aromatic carbocycles. The molecule has 0 rings (SSSR count). The molecule has 0 aliphatic rings. The molecule has 0 aliphatic carbocycles. The summed E-state index contributed by atoms with van der Waals surface area (Å²) in [6.45, 7) is 7.47. The van der Waals surface area contributed by atoms with Crippen molar-refractivity contribution in [2.24, 2.45) is 0 Å². The van der Waals surface area contributed by atoms with E-state index in [0.717, 1.165) is 109 Å². The lowest BCUT2D eigenvalue weighted by molar-refractivity contribution is -0.162. The van der Waals surface area contributed by atoms with Crippen LogP contribution >= 0.6 is 0 Å². The number of hydrogen-bond donors (Lipinski definition) is 0. The van der Waals surface area contributed by atoms with Gasteiger partial charge in [0.15, 0.2) is 6.10 Å². The summed E-state index contributed by atoms with van der Waals surface area (Å²) in [4.78, 5) is 25.5. The fraction of sp³-hybridized carbons (Fsp3) is 0.619. The Balaban J connectivity index is 4.48. The van der Waals surface area contributed by atoms with E-state index in [9.17, 15) is 9.59 Å². The third-order valence-corrected chi connectivity index (χ3v) is 11.2. The van der Waals surface area contributed by atoms with E-state index in [0.29, 0.717) is 25.9 Å². The smallest absolute Gasteiger partial charge is 0.306 e. The van der Waals surface area contributed by atoms with Gasteiger partial charge in [0.2, 0.25) is 0 Å². The number of ether oxygens (including phenoxy) is 3. The Morgan fingerprint density at radius 1 is 0.338 bits per heavy atom. The Labute approximate surface area is 419 Å². The Kier molecular flexibility index (Phi) is 54.0. The van der Waals surface area contributed by atoms with E-state index in [1.54, 1.807) is 0 Å². The van der Waals surface area contributed by atoms with Crippen molar-refractivity contribution < 1.29 is 23.8 Å². The van der Waals surface area contributed by atoms with Crippen LogP contribution in [0.4, 0.5) is 0 Å². The van der Waals surface area contributed by atoms with Gasteiger partial charge >= 0.3 is 11.9 Å². The normalized spacial score (nSPS) is 13.3. The maximum atomic E-state index is 12.8. The summed E-state index contributed by atoms with van der Waals surface area (Å²) in [5.41, 5.74) is 0. The van der Waals surface area contributed by atoms with Gasteiger partial charge in [0, 0.05) is 19.4 Å². The van der Waals surface area contributed by atoms with Crippen molar-refractivity contribution in [1.82, 2.24) is 0 Å². The number of unbranched alkanes of at least 4 members (excludes halogenated alkanes) is 16. The average Bonchev–Trinajstić information content (AvgIpc) is 3.34. The number of allylic oxidation sites excluding steroid dienone is 22. The molecular weight excluding hydrogens is 837 g/mol. The first-order valence-corrected chi connectivity index (χ1v) is 27.7. The van der Waals surface area contributed by atoms with Crippen LogP contribution in [0.5, 0.6) is 0 Å². The van der Waals surface area contributed by atoms with Gasteiger partial charge in [-0.3, -0.25) is 9.59 Å². The van der Waals surface area contributed by atoms with Crippen LogP contribution in [-0.2, 0) is 23.8 Å². The molecule has 0 radical (unpaired) electrons. The molecule has 68 heavy (non-hydrogen) atoms. The zero-order chi connectivity index (χ0) is 49.2. The van der Waals surface area contributed by atoms with Crippen molar-refractivity contribution in [2.75, 3.05) is 19.8 Å². The number of esters is 2. The molecule has 0 heterocycles. The fourth-order valence-electron chi connectivity index (χ4n) is 7.11. The molecule has 1 atom stereocenters. The zero-order valence-corrected chi connectivity index (χ0v) is 44.1. The Bertz CT molecular complexity index is 1430. The maximum Gasteiger partial charge on any atom is 0.306 e. The molecule has 1 unspecified atom stereocenters. The molecule has 5 heteroatoms. The van der Waals surface area contributed by atoms with Gasteiger partial charge in [0.1, 0.15) is 6.61 Å². The standard InChI is InChI=1S/C63H102O5/c1-4-7-10-13-16-19-22-25-28-31-32-34-35-38-41-44-47-50-53-56-62(64)67-60-61(59-66-58-55-52-49-46-43-40-37-30-27-24-21-18-15-12-9-6-3)68-63(65)57-54-51-48-45-42-39-36-33-29-26-23-20-17-14-11-8-5-2/h7-8,10-11,16-17,19-20,25-30,32,34,36,38-39,41,47,50,61H,4-6,9,12-15,18,21-24,31,33,35,37,40,42-46,48-49,51-60H2,1-3H3/b10-7-,11-8-,19-16-,20-17-,28-25-,29-26-,30-27-,34-32-,39-36-,41-38-,50-47-. The lowest BCUT2D eigenvalue weighted by Gasteiger charge is -2.18. The van der Waals surface area contributed by atoms with E-state index >= 15 is 0 Å². The predicted molar refractivity (Wildman–Crippen MR) is 297 cm³/mol. The molecule has 0 aromatic heterocycles. The van der Waals surface area contributed by atoms with Crippen LogP contribution in [-0.4, -0.2) is 37.9 Å². The van der Waals surface area contributed by atoms with E-state index in [-0.39, 0.29) is 25.2 Å². The van der Waals surface area contributed by atoms with Crippen LogP contribution < -0.4 is 0 Å². The van der Waals surface area contributed by atoms with Crippen molar-refractivity contribution in [3.63, 3.8) is 0 Å². The van der Waals surface area contributed by atoms with E-state index in [1.165, 1.54) is 77.0 Å². The third kappa shape index (κ3) is 54.6. The lowest BCUT2D eigenvalue weighted by Crippen LogP contribution is -2.30. The van der Waals surface area contributed by atoms with Gasteiger partial charge in [-0.05, 0) is 122 Å². The molecule has 384 valence electrons. The second-order valence-corrected chi connectivity index (χ2v) is 17.7. The third-order valence-electron chi connectivity index (χ3n) is 11.2. The molecule has 0 saturated carbocycles. The Morgan fingerprint density at radius 2 is 0.691 bits per heavy atom. The van der Waals surface area contributed by atoms with Crippen LogP contribution in [0, 0.1) is 0 Å². The van der Waals surface area contributed by atoms with E-state index in [4.69, 9.17) is 14.2 Å². The molecule has 0 bridgehead atoms. The predicted octanol–water partition coefficient (Wildman–Crippen LogP) is 19.1. The van der Waals surface area contributed by atoms with Gasteiger partial charge in [0.05, 0.1) is 6.61 Å². The van der Waals surface area contributed by atoms with Crippen LogP contribution in [0.3, 0.4) is 0 Å². The van der Waals surface area contributed by atoms with Gasteiger partial charge in [-0.1, -0.05) is 225 Å². The minimum atomic E-state index is -0.593. The molecule has 0 aromatic rings. The minimum Gasteiger partial charge on any atom is -0.462 e. The first-order chi connectivity index (χ1) is 33.6. The van der Waals surface area contributed by atoms with E-state index in [1.807, 2.05) is 6.08 Å². The first kappa shape index (κ1) is 64.0. The van der Waals surface area contributed by atoms with Crippen LogP contribution in [0.1, 0.15) is 226 Å². The summed E-state index contributed by atoms with van der Waals surface area (Å²) in [6, 6.07) is 0. The number of carbonyl (C=O) groups is 2. The summed E-state index contributed by atoms with van der Waals surface area (Å²) in [5.74, 6) is -0.532. The van der Waals surface area contributed by atoms with Gasteiger partial charge in [-0.15, -0.1) is 0 Å². The number of rotatable bonds is 49. The maximum absolute atomic E-state index is 12.8. The summed E-state index contributed by atoms with van der Waals surface area (Å²) < 4.78 is 17.4. The quantitative estimate of drug-likeness (QED) is 0.0345. The highest BCUT2D eigenvalue weighted by Crippen LogP contribution is 2.12. The first-order valence-electron chi connectivity index (χ1n) is 27.7. The van der Waals surface area contributed by atoms with Gasteiger partial charge in [0.25, 0.3) is 0 Å². The summed E-state index contributed by atoms with van der Waals surface area (Å²) >= 11 is 0. The minimum absolute atomic E-state index is 0.0244. The fourth-order valence-corrected chi connectivity index (χ4v) is 7.11. The zero-order valence-electron chi connectivity index (χ0n) is 44.1. The monoisotopic (exact) mass is 939 g/mol. The Morgan fingerprint density at radius 3 is 1.13 bits per heavy atom.